The number of benzene rings is 2. The molecular formula is C17H14FNO. The summed E-state index contributed by atoms with van der Waals surface area (Å²) in [5.74, 6) is -1.73. The standard InChI is InChI=1S/C17H14FNO/c1-2-12-6-8-13(9-7-12)17(20)16(11-19)14-4-3-5-15(18)10-14/h3-10,16H,2H2,1H3. The number of hydrogen-bond acceptors (Lipinski definition) is 2. The molecule has 20 heavy (non-hydrogen) atoms. The van der Waals surface area contributed by atoms with Crippen molar-refractivity contribution in [2.24, 2.45) is 0 Å². The maximum Gasteiger partial charge on any atom is 0.184 e. The van der Waals surface area contributed by atoms with E-state index >= 15 is 0 Å². The van der Waals surface area contributed by atoms with E-state index < -0.39 is 11.7 Å². The Kier molecular flexibility index (Phi) is 4.27. The third kappa shape index (κ3) is 2.92. The molecule has 1 atom stereocenters. The third-order valence-electron chi connectivity index (χ3n) is 3.22. The number of nitrogens with zero attached hydrogens (tertiary/aromatic N) is 1. The van der Waals surface area contributed by atoms with Crippen molar-refractivity contribution in [2.45, 2.75) is 19.3 Å². The Morgan fingerprint density at radius 1 is 1.25 bits per heavy atom. The maximum absolute atomic E-state index is 13.2. The fourth-order valence-corrected chi connectivity index (χ4v) is 2.04. The lowest BCUT2D eigenvalue weighted by Crippen LogP contribution is -2.11. The van der Waals surface area contributed by atoms with Crippen LogP contribution in [-0.4, -0.2) is 5.78 Å². The minimum Gasteiger partial charge on any atom is -0.292 e. The molecule has 0 fully saturated rings. The Morgan fingerprint density at radius 3 is 2.50 bits per heavy atom. The highest BCUT2D eigenvalue weighted by Gasteiger charge is 2.21. The highest BCUT2D eigenvalue weighted by atomic mass is 19.1. The van der Waals surface area contributed by atoms with Crippen molar-refractivity contribution in [1.29, 1.82) is 5.26 Å². The van der Waals surface area contributed by atoms with E-state index in [4.69, 9.17) is 0 Å². The average molecular weight is 267 g/mol. The summed E-state index contributed by atoms with van der Waals surface area (Å²) in [5.41, 5.74) is 1.98. The molecule has 0 heterocycles. The predicted molar refractivity (Wildman–Crippen MR) is 74.9 cm³/mol. The van der Waals surface area contributed by atoms with Crippen LogP contribution in [0.15, 0.2) is 48.5 Å². The number of carbonyl (C=O) groups excluding carboxylic acids is 1. The molecule has 0 aliphatic rings. The molecule has 3 heteroatoms. The van der Waals surface area contributed by atoms with Gasteiger partial charge in [0.25, 0.3) is 0 Å². The molecular weight excluding hydrogens is 253 g/mol. The van der Waals surface area contributed by atoms with Gasteiger partial charge in [-0.05, 0) is 29.7 Å². The molecule has 0 aromatic heterocycles. The number of carbonyl (C=O) groups is 1. The van der Waals surface area contributed by atoms with E-state index in [1.165, 1.54) is 18.2 Å². The SMILES string of the molecule is CCc1ccc(C(=O)C(C#N)c2cccc(F)c2)cc1. The van der Waals surface area contributed by atoms with Crippen LogP contribution in [0, 0.1) is 17.1 Å². The molecule has 0 aliphatic carbocycles. The van der Waals surface area contributed by atoms with Gasteiger partial charge < -0.3 is 0 Å². The van der Waals surface area contributed by atoms with Crippen LogP contribution in [0.5, 0.6) is 0 Å². The molecule has 2 nitrogen and oxygen atoms in total. The zero-order chi connectivity index (χ0) is 14.5. The van der Waals surface area contributed by atoms with Crippen LogP contribution in [0.3, 0.4) is 0 Å². The van der Waals surface area contributed by atoms with Gasteiger partial charge in [-0.3, -0.25) is 4.79 Å². The molecule has 2 rings (SSSR count). The van der Waals surface area contributed by atoms with Gasteiger partial charge in [0.2, 0.25) is 0 Å². The van der Waals surface area contributed by atoms with E-state index in [9.17, 15) is 14.4 Å². The summed E-state index contributed by atoms with van der Waals surface area (Å²) in [6, 6.07) is 14.7. The van der Waals surface area contributed by atoms with Crippen molar-refractivity contribution in [2.75, 3.05) is 0 Å². The van der Waals surface area contributed by atoms with E-state index in [0.717, 1.165) is 12.0 Å². The smallest absolute Gasteiger partial charge is 0.184 e. The number of ketones is 1. The molecule has 0 saturated carbocycles. The normalized spacial score (nSPS) is 11.7. The van der Waals surface area contributed by atoms with Gasteiger partial charge in [0.1, 0.15) is 11.7 Å². The van der Waals surface area contributed by atoms with Gasteiger partial charge in [0.15, 0.2) is 5.78 Å². The van der Waals surface area contributed by atoms with Crippen LogP contribution in [0.25, 0.3) is 0 Å². The maximum atomic E-state index is 13.2. The molecule has 2 aromatic rings. The molecule has 1 unspecified atom stereocenters. The van der Waals surface area contributed by atoms with Crippen LogP contribution in [0.4, 0.5) is 4.39 Å². The third-order valence-corrected chi connectivity index (χ3v) is 3.22. The first kappa shape index (κ1) is 14.0. The van der Waals surface area contributed by atoms with Crippen LogP contribution in [0.1, 0.15) is 34.3 Å². The van der Waals surface area contributed by atoms with Crippen LogP contribution in [0.2, 0.25) is 0 Å². The number of nitriles is 1. The summed E-state index contributed by atoms with van der Waals surface area (Å²) >= 11 is 0. The second-order valence-electron chi connectivity index (χ2n) is 4.53. The van der Waals surface area contributed by atoms with E-state index in [1.807, 2.05) is 25.1 Å². The summed E-state index contributed by atoms with van der Waals surface area (Å²) in [6.07, 6.45) is 0.889. The number of Topliss-reactive ketones (excluding diaryl/α,β-unsaturated/α-hetero) is 1. The first-order valence-electron chi connectivity index (χ1n) is 6.44. The van der Waals surface area contributed by atoms with Gasteiger partial charge in [0, 0.05) is 5.56 Å². The van der Waals surface area contributed by atoms with Gasteiger partial charge in [0.05, 0.1) is 6.07 Å². The molecule has 100 valence electrons. The van der Waals surface area contributed by atoms with E-state index in [-0.39, 0.29) is 5.78 Å². The molecule has 0 amide bonds. The highest BCUT2D eigenvalue weighted by molar-refractivity contribution is 6.02. The second-order valence-corrected chi connectivity index (χ2v) is 4.53. The van der Waals surface area contributed by atoms with Gasteiger partial charge in [-0.2, -0.15) is 5.26 Å². The Balaban J connectivity index is 2.31. The average Bonchev–Trinajstić information content (AvgIpc) is 2.48. The molecule has 0 N–H and O–H groups in total. The predicted octanol–water partition coefficient (Wildman–Crippen LogP) is 3.88. The summed E-state index contributed by atoms with van der Waals surface area (Å²) in [6.45, 7) is 2.03. The first-order chi connectivity index (χ1) is 9.65. The zero-order valence-electron chi connectivity index (χ0n) is 11.1. The van der Waals surface area contributed by atoms with E-state index in [0.29, 0.717) is 11.1 Å². The fraction of sp³-hybridized carbons (Fsp3) is 0.176. The molecule has 0 saturated heterocycles. The van der Waals surface area contributed by atoms with E-state index in [2.05, 4.69) is 0 Å². The molecule has 0 bridgehead atoms. The minimum atomic E-state index is -0.974. The Morgan fingerprint density at radius 2 is 1.95 bits per heavy atom. The Labute approximate surface area is 117 Å². The number of rotatable bonds is 4. The van der Waals surface area contributed by atoms with Gasteiger partial charge in [-0.15, -0.1) is 0 Å². The Hall–Kier alpha value is -2.47. The molecule has 0 aliphatic heterocycles. The van der Waals surface area contributed by atoms with Crippen molar-refractivity contribution in [3.63, 3.8) is 0 Å². The van der Waals surface area contributed by atoms with Crippen molar-refractivity contribution in [3.8, 4) is 6.07 Å². The summed E-state index contributed by atoms with van der Waals surface area (Å²) < 4.78 is 13.2. The minimum absolute atomic E-state index is 0.305. The second kappa shape index (κ2) is 6.12. The quantitative estimate of drug-likeness (QED) is 0.789. The van der Waals surface area contributed by atoms with Crippen molar-refractivity contribution in [1.82, 2.24) is 0 Å². The number of aryl methyl sites for hydroxylation is 1. The van der Waals surface area contributed by atoms with Gasteiger partial charge >= 0.3 is 0 Å². The van der Waals surface area contributed by atoms with E-state index in [1.54, 1.807) is 18.2 Å². The van der Waals surface area contributed by atoms with Crippen LogP contribution >= 0.6 is 0 Å². The lowest BCUT2D eigenvalue weighted by atomic mass is 9.91. The number of halogens is 1. The van der Waals surface area contributed by atoms with Crippen molar-refractivity contribution >= 4 is 5.78 Å². The lowest BCUT2D eigenvalue weighted by Gasteiger charge is -2.09. The molecule has 0 spiro atoms. The highest BCUT2D eigenvalue weighted by Crippen LogP contribution is 2.21. The Bertz CT molecular complexity index is 655. The topological polar surface area (TPSA) is 40.9 Å². The number of hydrogen-bond donors (Lipinski definition) is 0. The van der Waals surface area contributed by atoms with Crippen LogP contribution < -0.4 is 0 Å². The van der Waals surface area contributed by atoms with Gasteiger partial charge in [-0.1, -0.05) is 43.3 Å². The molecule has 0 radical (unpaired) electrons. The van der Waals surface area contributed by atoms with Crippen LogP contribution in [-0.2, 0) is 6.42 Å². The van der Waals surface area contributed by atoms with Crippen molar-refractivity contribution < 1.29 is 9.18 Å². The lowest BCUT2D eigenvalue weighted by molar-refractivity contribution is 0.0979. The monoisotopic (exact) mass is 267 g/mol. The first-order valence-corrected chi connectivity index (χ1v) is 6.44. The fourth-order valence-electron chi connectivity index (χ4n) is 2.04. The van der Waals surface area contributed by atoms with Gasteiger partial charge in [-0.25, -0.2) is 4.39 Å². The molecule has 2 aromatic carbocycles. The summed E-state index contributed by atoms with van der Waals surface area (Å²) in [7, 11) is 0. The largest absolute Gasteiger partial charge is 0.292 e. The summed E-state index contributed by atoms with van der Waals surface area (Å²) in [5, 5.41) is 9.21. The summed E-state index contributed by atoms with van der Waals surface area (Å²) in [4.78, 5) is 12.3. The van der Waals surface area contributed by atoms with Crippen molar-refractivity contribution in [3.05, 3.63) is 71.0 Å². The zero-order valence-corrected chi connectivity index (χ0v) is 11.1.